The molecule has 8 N–H and O–H groups in total. The van der Waals surface area contributed by atoms with Crippen molar-refractivity contribution in [1.82, 2.24) is 26.3 Å². The van der Waals surface area contributed by atoms with E-state index >= 15 is 0 Å². The zero-order valence-electron chi connectivity index (χ0n) is 25.0. The van der Waals surface area contributed by atoms with Crippen molar-refractivity contribution in [1.29, 1.82) is 0 Å². The summed E-state index contributed by atoms with van der Waals surface area (Å²) in [6.45, 7) is 1.24. The minimum atomic E-state index is -1.57. The molecule has 0 aliphatic heterocycles. The molecule has 5 amide bonds. The highest BCUT2D eigenvalue weighted by atomic mass is 32.2. The third-order valence-corrected chi connectivity index (χ3v) is 7.63. The van der Waals surface area contributed by atoms with Crippen LogP contribution in [0.25, 0.3) is 10.9 Å². The Balaban J connectivity index is 1.75. The van der Waals surface area contributed by atoms with E-state index in [1.807, 2.05) is 30.5 Å². The van der Waals surface area contributed by atoms with Crippen LogP contribution in [0.5, 0.6) is 0 Å². The van der Waals surface area contributed by atoms with E-state index in [1.165, 1.54) is 18.7 Å². The van der Waals surface area contributed by atoms with E-state index in [2.05, 4.69) is 26.3 Å². The quantitative estimate of drug-likeness (QED) is 0.111. The van der Waals surface area contributed by atoms with Crippen LogP contribution in [0.3, 0.4) is 0 Å². The lowest BCUT2D eigenvalue weighted by atomic mass is 10.0. The van der Waals surface area contributed by atoms with Crippen LogP contribution in [-0.2, 0) is 41.6 Å². The number of hydrogen-bond acceptors (Lipinski definition) is 7. The molecule has 1 aromatic heterocycles. The van der Waals surface area contributed by atoms with Crippen LogP contribution in [0, 0.1) is 0 Å². The SMILES string of the molecule is CSCC[C@@H](NC(=O)[C@H](CC(=O)O)NC(=O)[C@H](Cc1ccccc1)NC(C)=O)C(=O)N[C@@H](Cc1c[nH]c2ccccc12)C(N)=O. The van der Waals surface area contributed by atoms with Gasteiger partial charge in [-0.25, -0.2) is 0 Å². The van der Waals surface area contributed by atoms with E-state index in [-0.39, 0.29) is 19.3 Å². The lowest BCUT2D eigenvalue weighted by Gasteiger charge is -2.25. The lowest BCUT2D eigenvalue weighted by Crippen LogP contribution is -2.58. The summed E-state index contributed by atoms with van der Waals surface area (Å²) >= 11 is 1.41. The molecule has 0 aliphatic carbocycles. The first-order chi connectivity index (χ1) is 21.5. The molecule has 4 atom stereocenters. The van der Waals surface area contributed by atoms with Crippen molar-refractivity contribution in [3.63, 3.8) is 0 Å². The Morgan fingerprint density at radius 1 is 0.800 bits per heavy atom. The first-order valence-corrected chi connectivity index (χ1v) is 15.6. The predicted molar refractivity (Wildman–Crippen MR) is 170 cm³/mol. The Morgan fingerprint density at radius 2 is 1.40 bits per heavy atom. The number of carbonyl (C=O) groups is 6. The number of carboxylic acid groups (broad SMARTS) is 1. The number of nitrogens with two attached hydrogens (primary N) is 1. The Hall–Kier alpha value is -4.85. The summed E-state index contributed by atoms with van der Waals surface area (Å²) in [6, 6.07) is 11.4. The molecule has 45 heavy (non-hydrogen) atoms. The molecule has 13 nitrogen and oxygen atoms in total. The summed E-state index contributed by atoms with van der Waals surface area (Å²) in [6.07, 6.45) is 3.09. The molecular weight excluding hydrogens is 600 g/mol. The molecule has 1 heterocycles. The van der Waals surface area contributed by atoms with Crippen molar-refractivity contribution < 1.29 is 33.9 Å². The number of thioether (sulfide) groups is 1. The van der Waals surface area contributed by atoms with Gasteiger partial charge < -0.3 is 37.1 Å². The van der Waals surface area contributed by atoms with E-state index in [0.29, 0.717) is 5.75 Å². The van der Waals surface area contributed by atoms with Gasteiger partial charge in [-0.05, 0) is 35.6 Å². The smallest absolute Gasteiger partial charge is 0.305 e. The van der Waals surface area contributed by atoms with Gasteiger partial charge in [0.15, 0.2) is 0 Å². The molecule has 0 fully saturated rings. The summed E-state index contributed by atoms with van der Waals surface area (Å²) in [5.74, 6) is -4.57. The van der Waals surface area contributed by atoms with E-state index in [1.54, 1.807) is 36.5 Å². The Morgan fingerprint density at radius 3 is 2.04 bits per heavy atom. The number of aromatic amines is 1. The molecule has 0 aliphatic rings. The first-order valence-electron chi connectivity index (χ1n) is 14.3. The second kappa shape index (κ2) is 16.9. The number of benzene rings is 2. The molecule has 3 aromatic rings. The summed E-state index contributed by atoms with van der Waals surface area (Å²) < 4.78 is 0. The van der Waals surface area contributed by atoms with Crippen LogP contribution in [0.1, 0.15) is 30.9 Å². The number of H-pyrrole nitrogens is 1. The fraction of sp³-hybridized carbons (Fsp3) is 0.355. The van der Waals surface area contributed by atoms with Gasteiger partial charge in [0.25, 0.3) is 0 Å². The third-order valence-electron chi connectivity index (χ3n) is 6.99. The third kappa shape index (κ3) is 10.7. The average molecular weight is 639 g/mol. The maximum absolute atomic E-state index is 13.4. The Labute approximate surface area is 264 Å². The van der Waals surface area contributed by atoms with Gasteiger partial charge in [-0.3, -0.25) is 28.8 Å². The van der Waals surface area contributed by atoms with Crippen molar-refractivity contribution in [2.24, 2.45) is 5.73 Å². The van der Waals surface area contributed by atoms with Crippen molar-refractivity contribution in [2.45, 2.75) is 56.8 Å². The predicted octanol–water partition coefficient (Wildman–Crippen LogP) is 0.625. The minimum Gasteiger partial charge on any atom is -0.481 e. The molecule has 2 aromatic carbocycles. The molecule has 14 heteroatoms. The average Bonchev–Trinajstić information content (AvgIpc) is 3.40. The molecule has 0 spiro atoms. The van der Waals surface area contributed by atoms with Crippen molar-refractivity contribution in [2.75, 3.05) is 12.0 Å². The topological polar surface area (TPSA) is 213 Å². The lowest BCUT2D eigenvalue weighted by molar-refractivity contribution is -0.141. The number of fused-ring (bicyclic) bond motifs is 1. The van der Waals surface area contributed by atoms with Crippen molar-refractivity contribution in [3.8, 4) is 0 Å². The van der Waals surface area contributed by atoms with Gasteiger partial charge in [-0.15, -0.1) is 0 Å². The number of nitrogens with one attached hydrogen (secondary N) is 5. The van der Waals surface area contributed by atoms with Crippen LogP contribution in [0.2, 0.25) is 0 Å². The zero-order valence-corrected chi connectivity index (χ0v) is 25.8. The van der Waals surface area contributed by atoms with Gasteiger partial charge in [-0.1, -0.05) is 48.5 Å². The summed E-state index contributed by atoms with van der Waals surface area (Å²) in [5, 5.41) is 20.5. The van der Waals surface area contributed by atoms with Crippen molar-refractivity contribution in [3.05, 3.63) is 71.9 Å². The van der Waals surface area contributed by atoms with Gasteiger partial charge >= 0.3 is 5.97 Å². The highest BCUT2D eigenvalue weighted by Gasteiger charge is 2.32. The van der Waals surface area contributed by atoms with E-state index in [4.69, 9.17) is 5.73 Å². The van der Waals surface area contributed by atoms with Gasteiger partial charge in [0.2, 0.25) is 29.5 Å². The Kier molecular flexibility index (Phi) is 13.0. The first kappa shape index (κ1) is 34.6. The number of amides is 5. The van der Waals surface area contributed by atoms with Crippen LogP contribution in [0.4, 0.5) is 0 Å². The number of para-hydroxylation sites is 1. The molecule has 0 saturated carbocycles. The molecule has 0 radical (unpaired) electrons. The maximum Gasteiger partial charge on any atom is 0.305 e. The number of rotatable bonds is 17. The van der Waals surface area contributed by atoms with Gasteiger partial charge in [0.1, 0.15) is 24.2 Å². The van der Waals surface area contributed by atoms with Crippen LogP contribution < -0.4 is 27.0 Å². The fourth-order valence-electron chi connectivity index (χ4n) is 4.75. The van der Waals surface area contributed by atoms with E-state index in [0.717, 1.165) is 22.0 Å². The molecule has 0 saturated heterocycles. The maximum atomic E-state index is 13.4. The normalized spacial score (nSPS) is 13.6. The summed E-state index contributed by atoms with van der Waals surface area (Å²) in [7, 11) is 0. The largest absolute Gasteiger partial charge is 0.481 e. The van der Waals surface area contributed by atoms with Crippen molar-refractivity contribution >= 4 is 58.2 Å². The summed E-state index contributed by atoms with van der Waals surface area (Å²) in [4.78, 5) is 78.9. The molecule has 3 rings (SSSR count). The second-order valence-corrected chi connectivity index (χ2v) is 11.5. The minimum absolute atomic E-state index is 0.0946. The van der Waals surface area contributed by atoms with Gasteiger partial charge in [-0.2, -0.15) is 11.8 Å². The molecule has 0 bridgehead atoms. The van der Waals surface area contributed by atoms with Gasteiger partial charge in [0.05, 0.1) is 6.42 Å². The number of carboxylic acids is 1. The molecular formula is C31H38N6O7S. The number of hydrogen-bond donors (Lipinski definition) is 7. The standard InChI is InChI=1S/C31H38N6O7S/c1-18(38)34-25(14-19-8-4-3-5-9-19)30(43)37-26(16-27(39)40)31(44)35-23(12-13-45-2)29(42)36-24(28(32)41)15-20-17-33-22-11-7-6-10-21(20)22/h3-11,17,23-26,33H,12-16H2,1-2H3,(H2,32,41)(H,34,38)(H,35,44)(H,36,42)(H,37,43)(H,39,40)/t23-,24+,25+,26+/m1/s1. The van der Waals surface area contributed by atoms with Crippen LogP contribution >= 0.6 is 11.8 Å². The summed E-state index contributed by atoms with van der Waals surface area (Å²) in [5.41, 5.74) is 7.96. The highest BCUT2D eigenvalue weighted by molar-refractivity contribution is 7.98. The van der Waals surface area contributed by atoms with Crippen LogP contribution in [-0.4, -0.2) is 81.8 Å². The fourth-order valence-corrected chi connectivity index (χ4v) is 5.22. The number of aromatic nitrogens is 1. The number of aliphatic carboxylic acids is 1. The zero-order chi connectivity index (χ0) is 32.9. The van der Waals surface area contributed by atoms with Gasteiger partial charge in [0, 0.05) is 36.9 Å². The number of carbonyl (C=O) groups excluding carboxylic acids is 5. The number of primary amides is 1. The highest BCUT2D eigenvalue weighted by Crippen LogP contribution is 2.19. The van der Waals surface area contributed by atoms with E-state index in [9.17, 15) is 33.9 Å². The van der Waals surface area contributed by atoms with E-state index < -0.39 is 66.1 Å². The second-order valence-electron chi connectivity index (χ2n) is 10.5. The Bertz CT molecular complexity index is 1510. The monoisotopic (exact) mass is 638 g/mol. The molecule has 240 valence electrons. The molecule has 0 unspecified atom stereocenters. The van der Waals surface area contributed by atoms with Crippen LogP contribution in [0.15, 0.2) is 60.8 Å².